The monoisotopic (exact) mass is 335 g/mol. The van der Waals surface area contributed by atoms with Crippen molar-refractivity contribution in [3.8, 4) is 11.5 Å². The summed E-state index contributed by atoms with van der Waals surface area (Å²) in [5, 5.41) is 9.77. The van der Waals surface area contributed by atoms with Crippen molar-refractivity contribution in [1.29, 1.82) is 0 Å². The van der Waals surface area contributed by atoms with Gasteiger partial charge in [0, 0.05) is 17.2 Å². The van der Waals surface area contributed by atoms with Crippen LogP contribution < -0.4 is 4.74 Å². The molecule has 0 spiro atoms. The number of para-hydroxylation sites is 1. The molecule has 0 radical (unpaired) electrons. The second-order valence-electron chi connectivity index (χ2n) is 7.44. The van der Waals surface area contributed by atoms with Gasteiger partial charge in [-0.15, -0.1) is 0 Å². The fourth-order valence-electron chi connectivity index (χ4n) is 4.76. The summed E-state index contributed by atoms with van der Waals surface area (Å²) in [4.78, 5) is 14.5. The molecule has 2 unspecified atom stereocenters. The molecule has 4 aliphatic rings. The Morgan fingerprint density at radius 2 is 1.80 bits per heavy atom. The van der Waals surface area contributed by atoms with Crippen molar-refractivity contribution in [3.05, 3.63) is 59.2 Å². The molecule has 128 valence electrons. The first kappa shape index (κ1) is 15.0. The van der Waals surface area contributed by atoms with Crippen molar-refractivity contribution in [2.24, 2.45) is 5.92 Å². The van der Waals surface area contributed by atoms with Gasteiger partial charge < -0.3 is 9.84 Å². The summed E-state index contributed by atoms with van der Waals surface area (Å²) in [6.07, 6.45) is 3.83. The van der Waals surface area contributed by atoms with Crippen LogP contribution in [0.1, 0.15) is 47.9 Å². The molecule has 4 heterocycles. The molecule has 6 rings (SSSR count). The standard InChI is InChI=1S/C21H21NO3/c23-21(24)20-15-3-1-2-4-18(15)25-19-12-14(5-6-16(19)20)17-11-13-7-9-22(17)10-8-13/h1-6,12-13,17,20H,7-11H2,(H,23,24). The molecule has 0 aliphatic carbocycles. The van der Waals surface area contributed by atoms with Crippen molar-refractivity contribution in [1.82, 2.24) is 4.90 Å². The van der Waals surface area contributed by atoms with Gasteiger partial charge in [-0.25, -0.2) is 0 Å². The zero-order valence-corrected chi connectivity index (χ0v) is 14.0. The molecule has 2 aromatic carbocycles. The number of hydrogen-bond donors (Lipinski definition) is 1. The SMILES string of the molecule is O=C(O)C1c2ccccc2Oc2cc(C3CC4CCN3CC4)ccc21. The van der Waals surface area contributed by atoms with Crippen LogP contribution in [0.2, 0.25) is 0 Å². The van der Waals surface area contributed by atoms with Crippen LogP contribution in [0.15, 0.2) is 42.5 Å². The van der Waals surface area contributed by atoms with Gasteiger partial charge in [0.1, 0.15) is 17.4 Å². The predicted octanol–water partition coefficient (Wildman–Crippen LogP) is 4.17. The number of aliphatic carboxylic acids is 1. The van der Waals surface area contributed by atoms with Gasteiger partial charge in [-0.05, 0) is 56.0 Å². The lowest BCUT2D eigenvalue weighted by Crippen LogP contribution is -2.43. The van der Waals surface area contributed by atoms with E-state index in [0.29, 0.717) is 17.5 Å². The Kier molecular flexibility index (Phi) is 3.35. The minimum absolute atomic E-state index is 0.446. The van der Waals surface area contributed by atoms with Crippen LogP contribution in [-0.4, -0.2) is 29.1 Å². The maximum atomic E-state index is 11.9. The Labute approximate surface area is 147 Å². The lowest BCUT2D eigenvalue weighted by Gasteiger charge is -2.45. The number of benzene rings is 2. The molecule has 0 amide bonds. The molecule has 0 aromatic heterocycles. The zero-order chi connectivity index (χ0) is 17.0. The Morgan fingerprint density at radius 1 is 1.04 bits per heavy atom. The number of hydrogen-bond acceptors (Lipinski definition) is 3. The Morgan fingerprint density at radius 3 is 2.52 bits per heavy atom. The van der Waals surface area contributed by atoms with Gasteiger partial charge in [0.25, 0.3) is 0 Å². The largest absolute Gasteiger partial charge is 0.481 e. The molecular formula is C21H21NO3. The molecule has 3 saturated heterocycles. The minimum atomic E-state index is -0.828. The highest BCUT2D eigenvalue weighted by Gasteiger charge is 2.36. The third-order valence-electron chi connectivity index (χ3n) is 6.08. The molecule has 3 fully saturated rings. The van der Waals surface area contributed by atoms with Gasteiger partial charge in [0.2, 0.25) is 0 Å². The average molecular weight is 335 g/mol. The second kappa shape index (κ2) is 5.60. The minimum Gasteiger partial charge on any atom is -0.481 e. The van der Waals surface area contributed by atoms with E-state index in [1.807, 2.05) is 30.3 Å². The molecule has 2 aromatic rings. The van der Waals surface area contributed by atoms with Crippen molar-refractivity contribution < 1.29 is 14.6 Å². The molecule has 25 heavy (non-hydrogen) atoms. The van der Waals surface area contributed by atoms with E-state index in [9.17, 15) is 9.90 Å². The third-order valence-corrected chi connectivity index (χ3v) is 6.08. The normalized spacial score (nSPS) is 29.4. The van der Waals surface area contributed by atoms with Crippen molar-refractivity contribution in [2.75, 3.05) is 13.1 Å². The summed E-state index contributed by atoms with van der Waals surface area (Å²) >= 11 is 0. The quantitative estimate of drug-likeness (QED) is 0.895. The average Bonchev–Trinajstić information content (AvgIpc) is 2.66. The fraction of sp³-hybridized carbons (Fsp3) is 0.381. The van der Waals surface area contributed by atoms with E-state index >= 15 is 0 Å². The Hall–Kier alpha value is -2.33. The molecule has 1 N–H and O–H groups in total. The van der Waals surface area contributed by atoms with Gasteiger partial charge in [0.05, 0.1) is 0 Å². The highest BCUT2D eigenvalue weighted by molar-refractivity contribution is 5.83. The summed E-state index contributed by atoms with van der Waals surface area (Å²) in [5.74, 6) is 0.707. The molecule has 2 bridgehead atoms. The predicted molar refractivity (Wildman–Crippen MR) is 94.1 cm³/mol. The smallest absolute Gasteiger partial charge is 0.315 e. The van der Waals surface area contributed by atoms with Gasteiger partial charge in [-0.2, -0.15) is 0 Å². The first-order chi connectivity index (χ1) is 12.2. The van der Waals surface area contributed by atoms with Crippen molar-refractivity contribution in [2.45, 2.75) is 31.2 Å². The summed E-state index contributed by atoms with van der Waals surface area (Å²) in [6.45, 7) is 2.35. The Balaban J connectivity index is 1.56. The van der Waals surface area contributed by atoms with Crippen LogP contribution in [0.5, 0.6) is 11.5 Å². The van der Waals surface area contributed by atoms with Gasteiger partial charge in [-0.1, -0.05) is 30.3 Å². The lowest BCUT2D eigenvalue weighted by molar-refractivity contribution is -0.137. The van der Waals surface area contributed by atoms with Crippen molar-refractivity contribution in [3.63, 3.8) is 0 Å². The van der Waals surface area contributed by atoms with Crippen LogP contribution in [0.25, 0.3) is 0 Å². The molecular weight excluding hydrogens is 314 g/mol. The van der Waals surface area contributed by atoms with E-state index in [0.717, 1.165) is 17.0 Å². The van der Waals surface area contributed by atoms with Crippen LogP contribution in [-0.2, 0) is 4.79 Å². The lowest BCUT2D eigenvalue weighted by atomic mass is 9.80. The van der Waals surface area contributed by atoms with Crippen LogP contribution >= 0.6 is 0 Å². The highest BCUT2D eigenvalue weighted by atomic mass is 16.5. The summed E-state index contributed by atoms with van der Waals surface area (Å²) in [6, 6.07) is 14.0. The fourth-order valence-corrected chi connectivity index (χ4v) is 4.76. The number of piperidine rings is 3. The van der Waals surface area contributed by atoms with Crippen molar-refractivity contribution >= 4 is 5.97 Å². The zero-order valence-electron chi connectivity index (χ0n) is 14.0. The van der Waals surface area contributed by atoms with Crippen LogP contribution in [0.4, 0.5) is 0 Å². The number of carboxylic acid groups (broad SMARTS) is 1. The molecule has 0 saturated carbocycles. The van der Waals surface area contributed by atoms with E-state index in [-0.39, 0.29) is 0 Å². The first-order valence-corrected chi connectivity index (χ1v) is 9.08. The molecule has 4 heteroatoms. The van der Waals surface area contributed by atoms with E-state index in [1.165, 1.54) is 37.9 Å². The third kappa shape index (κ3) is 2.35. The first-order valence-electron chi connectivity index (χ1n) is 9.08. The Bertz CT molecular complexity index is 839. The van der Waals surface area contributed by atoms with E-state index in [1.54, 1.807) is 0 Å². The number of rotatable bonds is 2. The molecule has 4 nitrogen and oxygen atoms in total. The van der Waals surface area contributed by atoms with Gasteiger partial charge in [0.15, 0.2) is 0 Å². The van der Waals surface area contributed by atoms with Crippen LogP contribution in [0, 0.1) is 5.92 Å². The van der Waals surface area contributed by atoms with E-state index in [2.05, 4.69) is 17.0 Å². The number of carboxylic acids is 1. The molecule has 2 atom stereocenters. The summed E-state index contributed by atoms with van der Waals surface area (Å²) in [7, 11) is 0. The van der Waals surface area contributed by atoms with Gasteiger partial charge >= 0.3 is 5.97 Å². The number of fused-ring (bicyclic) bond motifs is 5. The second-order valence-corrected chi connectivity index (χ2v) is 7.44. The number of nitrogens with zero attached hydrogens (tertiary/aromatic N) is 1. The summed E-state index contributed by atoms with van der Waals surface area (Å²) in [5.41, 5.74) is 2.74. The van der Waals surface area contributed by atoms with E-state index < -0.39 is 11.9 Å². The maximum absolute atomic E-state index is 11.9. The summed E-state index contributed by atoms with van der Waals surface area (Å²) < 4.78 is 6.09. The number of ether oxygens (including phenoxy) is 1. The van der Waals surface area contributed by atoms with Gasteiger partial charge in [-0.3, -0.25) is 9.69 Å². The van der Waals surface area contributed by atoms with Crippen LogP contribution in [0.3, 0.4) is 0 Å². The number of carbonyl (C=O) groups is 1. The molecule has 4 aliphatic heterocycles. The highest BCUT2D eigenvalue weighted by Crippen LogP contribution is 2.47. The topological polar surface area (TPSA) is 49.8 Å². The van der Waals surface area contributed by atoms with E-state index in [4.69, 9.17) is 4.74 Å². The maximum Gasteiger partial charge on any atom is 0.315 e.